The van der Waals surface area contributed by atoms with Gasteiger partial charge in [0.15, 0.2) is 0 Å². The van der Waals surface area contributed by atoms with Crippen molar-refractivity contribution in [2.45, 2.75) is 69.5 Å². The molecule has 9 heteroatoms. The number of hydrogen-bond donors (Lipinski definition) is 1. The van der Waals surface area contributed by atoms with Crippen molar-refractivity contribution in [1.82, 2.24) is 10.2 Å². The number of para-hydroxylation sites is 1. The lowest BCUT2D eigenvalue weighted by Gasteiger charge is -2.33. The fraction of sp³-hybridized carbons (Fsp3) is 0.297. The quantitative estimate of drug-likeness (QED) is 0.183. The molecule has 4 aromatic rings. The molecule has 1 fully saturated rings. The number of benzene rings is 4. The summed E-state index contributed by atoms with van der Waals surface area (Å²) in [6.07, 6.45) is 5.11. The average Bonchev–Trinajstić information content (AvgIpc) is 3.08. The van der Waals surface area contributed by atoms with Gasteiger partial charge < -0.3 is 15.0 Å². The Morgan fingerprint density at radius 1 is 0.804 bits per heavy atom. The summed E-state index contributed by atoms with van der Waals surface area (Å²) in [7, 11) is -4.16. The maximum Gasteiger partial charge on any atom is 0.264 e. The smallest absolute Gasteiger partial charge is 0.264 e. The lowest BCUT2D eigenvalue weighted by atomic mass is 9.95. The van der Waals surface area contributed by atoms with Gasteiger partial charge in [-0.25, -0.2) is 8.42 Å². The number of aryl methyl sites for hydroxylation is 1. The molecular formula is C37H41N3O5S. The normalized spacial score (nSPS) is 14.2. The van der Waals surface area contributed by atoms with E-state index >= 15 is 0 Å². The van der Waals surface area contributed by atoms with Crippen molar-refractivity contribution in [2.24, 2.45) is 0 Å². The van der Waals surface area contributed by atoms with E-state index in [1.807, 2.05) is 61.5 Å². The number of hydrogen-bond acceptors (Lipinski definition) is 5. The molecule has 0 saturated heterocycles. The van der Waals surface area contributed by atoms with Crippen molar-refractivity contribution < 1.29 is 22.7 Å². The summed E-state index contributed by atoms with van der Waals surface area (Å²) in [5.74, 6) is 0.437. The Bertz CT molecular complexity index is 1710. The van der Waals surface area contributed by atoms with Gasteiger partial charge in [-0.1, -0.05) is 79.9 Å². The van der Waals surface area contributed by atoms with Crippen LogP contribution in [-0.2, 0) is 26.2 Å². The van der Waals surface area contributed by atoms with Crippen LogP contribution in [0.15, 0.2) is 114 Å². The fourth-order valence-corrected chi connectivity index (χ4v) is 7.11. The van der Waals surface area contributed by atoms with E-state index < -0.39 is 28.5 Å². The van der Waals surface area contributed by atoms with E-state index in [1.54, 1.807) is 49.4 Å². The standard InChI is InChI=1S/C37H41N3O5S/c1-28-14-12-13-15-30(28)26-39(29(2)37(42)38-31-16-6-3-7-17-31)36(41)27-40(46(43,44)35-20-10-5-11-21-35)32-22-24-34(25-23-32)45-33-18-8-4-9-19-33/h4-5,8-15,18-25,29,31H,3,6-7,16-17,26-27H2,1-2H3,(H,38,42)/t29-/m0/s1. The topological polar surface area (TPSA) is 96.0 Å². The van der Waals surface area contributed by atoms with Crippen molar-refractivity contribution in [3.8, 4) is 11.5 Å². The van der Waals surface area contributed by atoms with Crippen LogP contribution in [0.2, 0.25) is 0 Å². The van der Waals surface area contributed by atoms with Crippen LogP contribution in [0.25, 0.3) is 0 Å². The molecule has 0 heterocycles. The molecule has 1 aliphatic carbocycles. The Labute approximate surface area is 272 Å². The summed E-state index contributed by atoms with van der Waals surface area (Å²) in [6, 6.07) is 30.8. The second kappa shape index (κ2) is 15.1. The van der Waals surface area contributed by atoms with Crippen molar-refractivity contribution in [2.75, 3.05) is 10.8 Å². The summed E-state index contributed by atoms with van der Waals surface area (Å²) in [6.45, 7) is 3.33. The summed E-state index contributed by atoms with van der Waals surface area (Å²) < 4.78 is 35.2. The van der Waals surface area contributed by atoms with Crippen LogP contribution in [0.3, 0.4) is 0 Å². The predicted octanol–water partition coefficient (Wildman–Crippen LogP) is 6.85. The van der Waals surface area contributed by atoms with Crippen LogP contribution in [0.5, 0.6) is 11.5 Å². The second-order valence-corrected chi connectivity index (χ2v) is 13.6. The lowest BCUT2D eigenvalue weighted by molar-refractivity contribution is -0.139. The predicted molar refractivity (Wildman–Crippen MR) is 180 cm³/mol. The molecule has 240 valence electrons. The molecule has 1 saturated carbocycles. The third-order valence-electron chi connectivity index (χ3n) is 8.43. The van der Waals surface area contributed by atoms with Crippen LogP contribution in [0.1, 0.15) is 50.2 Å². The Kier molecular flexibility index (Phi) is 10.8. The van der Waals surface area contributed by atoms with Gasteiger partial charge >= 0.3 is 0 Å². The summed E-state index contributed by atoms with van der Waals surface area (Å²) in [5, 5.41) is 3.14. The first kappa shape index (κ1) is 32.8. The number of amides is 2. The first-order valence-corrected chi connectivity index (χ1v) is 17.2. The monoisotopic (exact) mass is 639 g/mol. The largest absolute Gasteiger partial charge is 0.457 e. The molecule has 0 radical (unpaired) electrons. The van der Waals surface area contributed by atoms with Gasteiger partial charge in [0.1, 0.15) is 24.1 Å². The third kappa shape index (κ3) is 8.14. The molecule has 4 aromatic carbocycles. The summed E-state index contributed by atoms with van der Waals surface area (Å²) in [5.41, 5.74) is 2.16. The molecular weight excluding hydrogens is 598 g/mol. The number of nitrogens with zero attached hydrogens (tertiary/aromatic N) is 2. The minimum Gasteiger partial charge on any atom is -0.457 e. The molecule has 1 N–H and O–H groups in total. The van der Waals surface area contributed by atoms with E-state index in [9.17, 15) is 18.0 Å². The Hall–Kier alpha value is -4.63. The van der Waals surface area contributed by atoms with E-state index in [0.717, 1.165) is 47.5 Å². The number of sulfonamides is 1. The number of nitrogens with one attached hydrogen (secondary N) is 1. The van der Waals surface area contributed by atoms with Gasteiger partial charge in [0, 0.05) is 12.6 Å². The van der Waals surface area contributed by atoms with Crippen molar-refractivity contribution in [3.05, 3.63) is 120 Å². The molecule has 0 aliphatic heterocycles. The zero-order valence-electron chi connectivity index (χ0n) is 26.3. The highest BCUT2D eigenvalue weighted by atomic mass is 32.2. The van der Waals surface area contributed by atoms with Crippen molar-refractivity contribution in [3.63, 3.8) is 0 Å². The Morgan fingerprint density at radius 3 is 2.04 bits per heavy atom. The second-order valence-electron chi connectivity index (χ2n) is 11.7. The molecule has 0 spiro atoms. The maximum absolute atomic E-state index is 14.3. The van der Waals surface area contributed by atoms with E-state index in [0.29, 0.717) is 17.2 Å². The van der Waals surface area contributed by atoms with Gasteiger partial charge in [-0.05, 0) is 86.3 Å². The Balaban J connectivity index is 1.46. The summed E-state index contributed by atoms with van der Waals surface area (Å²) >= 11 is 0. The molecule has 1 aliphatic rings. The number of rotatable bonds is 12. The Morgan fingerprint density at radius 2 is 1.39 bits per heavy atom. The molecule has 46 heavy (non-hydrogen) atoms. The lowest BCUT2D eigenvalue weighted by Crippen LogP contribution is -2.53. The van der Waals surface area contributed by atoms with Gasteiger partial charge in [0.25, 0.3) is 10.0 Å². The van der Waals surface area contributed by atoms with E-state index in [-0.39, 0.29) is 23.4 Å². The molecule has 8 nitrogen and oxygen atoms in total. The fourth-order valence-electron chi connectivity index (χ4n) is 5.68. The van der Waals surface area contributed by atoms with Crippen LogP contribution in [0, 0.1) is 6.92 Å². The molecule has 1 atom stereocenters. The average molecular weight is 640 g/mol. The van der Waals surface area contributed by atoms with Crippen LogP contribution in [0.4, 0.5) is 5.69 Å². The first-order valence-electron chi connectivity index (χ1n) is 15.8. The molecule has 0 aromatic heterocycles. The number of anilines is 1. The molecule has 0 bridgehead atoms. The van der Waals surface area contributed by atoms with E-state index in [1.165, 1.54) is 17.0 Å². The highest BCUT2D eigenvalue weighted by molar-refractivity contribution is 7.92. The SMILES string of the molecule is Cc1ccccc1CN(C(=O)CN(c1ccc(Oc2ccccc2)cc1)S(=O)(=O)c1ccccc1)[C@@H](C)C(=O)NC1CCCCC1. The van der Waals surface area contributed by atoms with E-state index in [4.69, 9.17) is 4.74 Å². The van der Waals surface area contributed by atoms with Gasteiger partial charge in [0.05, 0.1) is 10.6 Å². The van der Waals surface area contributed by atoms with Crippen LogP contribution < -0.4 is 14.4 Å². The van der Waals surface area contributed by atoms with E-state index in [2.05, 4.69) is 5.32 Å². The van der Waals surface area contributed by atoms with Gasteiger partial charge in [-0.3, -0.25) is 13.9 Å². The number of carbonyl (C=O) groups excluding carboxylic acids is 2. The molecule has 5 rings (SSSR count). The zero-order chi connectivity index (χ0) is 32.5. The minimum absolute atomic E-state index is 0.0564. The third-order valence-corrected chi connectivity index (χ3v) is 10.2. The summed E-state index contributed by atoms with van der Waals surface area (Å²) in [4.78, 5) is 29.4. The van der Waals surface area contributed by atoms with Gasteiger partial charge in [-0.15, -0.1) is 0 Å². The van der Waals surface area contributed by atoms with Crippen molar-refractivity contribution in [1.29, 1.82) is 0 Å². The van der Waals surface area contributed by atoms with Gasteiger partial charge in [-0.2, -0.15) is 0 Å². The maximum atomic E-state index is 14.3. The highest BCUT2D eigenvalue weighted by Gasteiger charge is 2.33. The van der Waals surface area contributed by atoms with Crippen molar-refractivity contribution >= 4 is 27.5 Å². The molecule has 2 amide bonds. The van der Waals surface area contributed by atoms with Gasteiger partial charge in [0.2, 0.25) is 11.8 Å². The number of ether oxygens (including phenoxy) is 1. The number of carbonyl (C=O) groups is 2. The molecule has 0 unspecified atom stereocenters. The highest BCUT2D eigenvalue weighted by Crippen LogP contribution is 2.29. The van der Waals surface area contributed by atoms with Crippen LogP contribution in [-0.4, -0.2) is 43.8 Å². The first-order chi connectivity index (χ1) is 22.2. The zero-order valence-corrected chi connectivity index (χ0v) is 27.2. The minimum atomic E-state index is -4.16. The van der Waals surface area contributed by atoms with Crippen LogP contribution >= 0.6 is 0 Å².